The maximum atomic E-state index is 14.0. The van der Waals surface area contributed by atoms with E-state index >= 15 is 0 Å². The van der Waals surface area contributed by atoms with Crippen molar-refractivity contribution in [1.29, 1.82) is 0 Å². The number of imidazole rings is 1. The molecule has 0 saturated carbocycles. The Morgan fingerprint density at radius 1 is 0.745 bits per heavy atom. The van der Waals surface area contributed by atoms with Gasteiger partial charge in [0.1, 0.15) is 40.4 Å². The summed E-state index contributed by atoms with van der Waals surface area (Å²) >= 11 is 0. The molecule has 0 fully saturated rings. The van der Waals surface area contributed by atoms with E-state index in [1.807, 2.05) is 35.8 Å². The second-order valence-electron chi connectivity index (χ2n) is 16.7. The average Bonchev–Trinajstić information content (AvgIpc) is 3.37. The predicted octanol–water partition coefficient (Wildman–Crippen LogP) is 8.91. The fraction of sp³-hybridized carbons (Fsp3) is 0.512. The van der Waals surface area contributed by atoms with E-state index in [1.165, 1.54) is 7.11 Å². The second-order valence-corrected chi connectivity index (χ2v) is 16.7. The number of methoxy groups -OCH3 is 1. The maximum absolute atomic E-state index is 14.0. The maximum Gasteiger partial charge on any atom is 0.509 e. The van der Waals surface area contributed by atoms with E-state index in [0.29, 0.717) is 40.8 Å². The van der Waals surface area contributed by atoms with Crippen molar-refractivity contribution in [2.45, 2.75) is 125 Å². The van der Waals surface area contributed by atoms with Gasteiger partial charge in [-0.2, -0.15) is 4.90 Å². The van der Waals surface area contributed by atoms with Crippen molar-refractivity contribution in [3.05, 3.63) is 65.0 Å². The standard InChI is InChI=1S/C41H54N4O10/c1-14-51-23-30-43-31-32(44(30)24-41(11,12)55-37(49)54-40(8,9)10)28-19-18-26(20-25-16-15-17-27(21-25)34(46)50-13)22-29(28)42-33(31)45(35(47)52-38(2,3)4)36(48)53-39(5,6)7/h15-19,21-22H,14,20,23-24H2,1-13H3. The Bertz CT molecular complexity index is 2040. The van der Waals surface area contributed by atoms with Gasteiger partial charge in [0.15, 0.2) is 5.82 Å². The number of esters is 1. The van der Waals surface area contributed by atoms with Crippen LogP contribution in [0.1, 0.15) is 110 Å². The first-order valence-electron chi connectivity index (χ1n) is 18.1. The van der Waals surface area contributed by atoms with Gasteiger partial charge < -0.3 is 33.0 Å². The Morgan fingerprint density at radius 2 is 1.35 bits per heavy atom. The molecule has 0 spiro atoms. The smallest absolute Gasteiger partial charge is 0.465 e. The van der Waals surface area contributed by atoms with Crippen molar-refractivity contribution in [3.8, 4) is 0 Å². The van der Waals surface area contributed by atoms with Gasteiger partial charge in [-0.1, -0.05) is 24.3 Å². The summed E-state index contributed by atoms with van der Waals surface area (Å²) in [5.74, 6) is -0.156. The molecule has 55 heavy (non-hydrogen) atoms. The highest BCUT2D eigenvalue weighted by Gasteiger charge is 2.37. The minimum Gasteiger partial charge on any atom is -0.465 e. The molecule has 2 aromatic carbocycles. The third kappa shape index (κ3) is 11.4. The van der Waals surface area contributed by atoms with Crippen molar-refractivity contribution in [3.63, 3.8) is 0 Å². The van der Waals surface area contributed by atoms with E-state index in [4.69, 9.17) is 38.4 Å². The number of carbonyl (C=O) groups is 4. The number of pyridine rings is 1. The number of hydrogen-bond donors (Lipinski definition) is 0. The molecule has 0 bridgehead atoms. The number of aromatic nitrogens is 3. The van der Waals surface area contributed by atoms with Gasteiger partial charge in [0.05, 0.1) is 30.3 Å². The van der Waals surface area contributed by atoms with E-state index in [2.05, 4.69) is 0 Å². The summed E-state index contributed by atoms with van der Waals surface area (Å²) in [6, 6.07) is 12.8. The number of rotatable bonds is 10. The third-order valence-electron chi connectivity index (χ3n) is 7.65. The molecule has 0 aliphatic heterocycles. The van der Waals surface area contributed by atoms with Crippen LogP contribution in [0.5, 0.6) is 0 Å². The molecular formula is C41H54N4O10. The molecule has 0 saturated heterocycles. The average molecular weight is 763 g/mol. The largest absolute Gasteiger partial charge is 0.509 e. The highest BCUT2D eigenvalue weighted by atomic mass is 16.7. The second kappa shape index (κ2) is 16.2. The fourth-order valence-electron chi connectivity index (χ4n) is 5.64. The van der Waals surface area contributed by atoms with Crippen LogP contribution in [0.2, 0.25) is 0 Å². The van der Waals surface area contributed by atoms with Crippen LogP contribution >= 0.6 is 0 Å². The Labute approximate surface area is 322 Å². The molecule has 0 atom stereocenters. The van der Waals surface area contributed by atoms with Crippen LogP contribution in [-0.4, -0.2) is 75.0 Å². The molecule has 2 aromatic heterocycles. The van der Waals surface area contributed by atoms with E-state index in [9.17, 15) is 19.2 Å². The van der Waals surface area contributed by atoms with Crippen molar-refractivity contribution < 1.29 is 47.6 Å². The molecule has 4 aromatic rings. The quantitative estimate of drug-likeness (QED) is 0.112. The number of ether oxygens (including phenoxy) is 6. The molecule has 2 heterocycles. The summed E-state index contributed by atoms with van der Waals surface area (Å²) in [6.07, 6.45) is -2.45. The van der Waals surface area contributed by atoms with Crippen LogP contribution in [-0.2, 0) is 48.0 Å². The molecule has 0 radical (unpaired) electrons. The zero-order valence-corrected chi connectivity index (χ0v) is 34.2. The number of amides is 2. The highest BCUT2D eigenvalue weighted by molar-refractivity contribution is 6.17. The molecule has 0 aliphatic carbocycles. The lowest BCUT2D eigenvalue weighted by atomic mass is 10.0. The van der Waals surface area contributed by atoms with Crippen molar-refractivity contribution in [1.82, 2.24) is 14.5 Å². The van der Waals surface area contributed by atoms with E-state index < -0.39 is 46.7 Å². The summed E-state index contributed by atoms with van der Waals surface area (Å²) in [5.41, 5.74) is -0.725. The summed E-state index contributed by atoms with van der Waals surface area (Å²) in [4.78, 5) is 63.8. The summed E-state index contributed by atoms with van der Waals surface area (Å²) in [5, 5.41) is 0.627. The van der Waals surface area contributed by atoms with Gasteiger partial charge >= 0.3 is 24.3 Å². The first kappa shape index (κ1) is 42.5. The van der Waals surface area contributed by atoms with Gasteiger partial charge in [-0.05, 0) is 119 Å². The van der Waals surface area contributed by atoms with Gasteiger partial charge in [0.2, 0.25) is 0 Å². The van der Waals surface area contributed by atoms with Crippen molar-refractivity contribution in [2.75, 3.05) is 18.6 Å². The van der Waals surface area contributed by atoms with E-state index in [-0.39, 0.29) is 24.5 Å². The Hall–Kier alpha value is -5.24. The topological polar surface area (TPSA) is 158 Å². The van der Waals surface area contributed by atoms with E-state index in [0.717, 1.165) is 16.0 Å². The number of anilines is 1. The van der Waals surface area contributed by atoms with Crippen LogP contribution in [0.4, 0.5) is 20.2 Å². The molecule has 298 valence electrons. The summed E-state index contributed by atoms with van der Waals surface area (Å²) in [6.45, 7) is 21.2. The minimum atomic E-state index is -1.15. The Morgan fingerprint density at radius 3 is 1.91 bits per heavy atom. The lowest BCUT2D eigenvalue weighted by Gasteiger charge is -2.29. The van der Waals surface area contributed by atoms with Crippen LogP contribution in [0.25, 0.3) is 21.9 Å². The SMILES string of the molecule is CCOCc1nc2c(N(C(=O)OC(C)(C)C)C(=O)OC(C)(C)C)nc3cc(Cc4cccc(C(=O)OC)c4)ccc3c2n1CC(C)(C)OC(=O)OC(C)(C)C. The molecule has 0 unspecified atom stereocenters. The number of fused-ring (bicyclic) bond motifs is 3. The Balaban J connectivity index is 2.03. The molecule has 0 N–H and O–H groups in total. The van der Waals surface area contributed by atoms with Crippen LogP contribution in [0.3, 0.4) is 0 Å². The monoisotopic (exact) mass is 762 g/mol. The van der Waals surface area contributed by atoms with Crippen LogP contribution in [0, 0.1) is 0 Å². The zero-order valence-electron chi connectivity index (χ0n) is 34.2. The van der Waals surface area contributed by atoms with Crippen molar-refractivity contribution >= 4 is 52.1 Å². The highest BCUT2D eigenvalue weighted by Crippen LogP contribution is 2.36. The predicted molar refractivity (Wildman–Crippen MR) is 207 cm³/mol. The van der Waals surface area contributed by atoms with Gasteiger partial charge in [-0.25, -0.2) is 29.1 Å². The first-order chi connectivity index (χ1) is 25.4. The van der Waals surface area contributed by atoms with E-state index in [1.54, 1.807) is 94.4 Å². The lowest BCUT2D eigenvalue weighted by Crippen LogP contribution is -2.44. The number of carbonyl (C=O) groups excluding carboxylic acids is 4. The summed E-state index contributed by atoms with van der Waals surface area (Å²) in [7, 11) is 1.33. The minimum absolute atomic E-state index is 0.0438. The normalized spacial score (nSPS) is 12.4. The molecule has 2 amide bonds. The van der Waals surface area contributed by atoms with Gasteiger partial charge in [0, 0.05) is 12.0 Å². The zero-order chi connectivity index (χ0) is 41.1. The molecule has 0 aliphatic rings. The molecular weight excluding hydrogens is 708 g/mol. The first-order valence-corrected chi connectivity index (χ1v) is 18.1. The van der Waals surface area contributed by atoms with Crippen LogP contribution < -0.4 is 4.90 Å². The van der Waals surface area contributed by atoms with Crippen LogP contribution in [0.15, 0.2) is 42.5 Å². The lowest BCUT2D eigenvalue weighted by molar-refractivity contribution is -0.0584. The van der Waals surface area contributed by atoms with Crippen molar-refractivity contribution in [2.24, 2.45) is 0 Å². The number of hydrogen-bond acceptors (Lipinski definition) is 12. The fourth-order valence-corrected chi connectivity index (χ4v) is 5.64. The van der Waals surface area contributed by atoms with Gasteiger partial charge in [-0.15, -0.1) is 0 Å². The summed E-state index contributed by atoms with van der Waals surface area (Å²) < 4.78 is 35.4. The number of imide groups is 1. The van der Waals surface area contributed by atoms with Gasteiger partial charge in [0.25, 0.3) is 0 Å². The Kier molecular flexibility index (Phi) is 12.5. The third-order valence-corrected chi connectivity index (χ3v) is 7.65. The molecule has 14 nitrogen and oxygen atoms in total. The number of benzene rings is 2. The number of nitrogens with zero attached hydrogens (tertiary/aromatic N) is 4. The molecule has 14 heteroatoms. The molecule has 4 rings (SSSR count). The van der Waals surface area contributed by atoms with Gasteiger partial charge in [-0.3, -0.25) is 0 Å².